The van der Waals surface area contributed by atoms with E-state index in [1.807, 2.05) is 0 Å². The predicted molar refractivity (Wildman–Crippen MR) is 73.5 cm³/mol. The van der Waals surface area contributed by atoms with E-state index < -0.39 is 0 Å². The van der Waals surface area contributed by atoms with E-state index in [1.165, 1.54) is 25.7 Å². The molecular formula is C14H31NO2. The number of methoxy groups -OCH3 is 1. The van der Waals surface area contributed by atoms with Gasteiger partial charge in [-0.1, -0.05) is 33.6 Å². The highest BCUT2D eigenvalue weighted by Gasteiger charge is 2.08. The first-order valence-corrected chi connectivity index (χ1v) is 7.00. The molecule has 0 aliphatic carbocycles. The minimum absolute atomic E-state index is 0.505. The first-order chi connectivity index (χ1) is 8.20. The van der Waals surface area contributed by atoms with E-state index in [4.69, 9.17) is 9.47 Å². The first kappa shape index (κ1) is 16.9. The lowest BCUT2D eigenvalue weighted by atomic mass is 10.0. The molecule has 104 valence electrons. The lowest BCUT2D eigenvalue weighted by Gasteiger charge is -2.19. The third-order valence-corrected chi connectivity index (χ3v) is 2.77. The number of hydrogen-bond acceptors (Lipinski definition) is 3. The molecule has 0 aliphatic heterocycles. The van der Waals surface area contributed by atoms with Crippen molar-refractivity contribution in [2.24, 2.45) is 5.92 Å². The van der Waals surface area contributed by atoms with Crippen LogP contribution in [0.1, 0.15) is 46.5 Å². The average molecular weight is 245 g/mol. The zero-order chi connectivity index (χ0) is 12.9. The van der Waals surface area contributed by atoms with E-state index in [1.54, 1.807) is 7.11 Å². The molecule has 17 heavy (non-hydrogen) atoms. The SMILES string of the molecule is CCCNC(CCCC(C)C)COCCOC. The molecule has 3 nitrogen and oxygen atoms in total. The normalized spacial score (nSPS) is 13.2. The predicted octanol–water partition coefficient (Wildman–Crippen LogP) is 2.84. The van der Waals surface area contributed by atoms with Crippen LogP contribution in [0.15, 0.2) is 0 Å². The molecule has 0 rings (SSSR count). The van der Waals surface area contributed by atoms with Gasteiger partial charge in [-0.3, -0.25) is 0 Å². The lowest BCUT2D eigenvalue weighted by Crippen LogP contribution is -2.34. The molecule has 1 atom stereocenters. The van der Waals surface area contributed by atoms with E-state index in [-0.39, 0.29) is 0 Å². The molecule has 0 aromatic heterocycles. The van der Waals surface area contributed by atoms with Gasteiger partial charge in [-0.15, -0.1) is 0 Å². The third-order valence-electron chi connectivity index (χ3n) is 2.77. The van der Waals surface area contributed by atoms with Gasteiger partial charge in [-0.2, -0.15) is 0 Å². The van der Waals surface area contributed by atoms with Crippen molar-refractivity contribution in [2.45, 2.75) is 52.5 Å². The van der Waals surface area contributed by atoms with Gasteiger partial charge in [0.2, 0.25) is 0 Å². The van der Waals surface area contributed by atoms with Crippen LogP contribution in [0.25, 0.3) is 0 Å². The molecule has 0 spiro atoms. The maximum absolute atomic E-state index is 5.60. The van der Waals surface area contributed by atoms with Gasteiger partial charge in [0.15, 0.2) is 0 Å². The fraction of sp³-hybridized carbons (Fsp3) is 1.00. The van der Waals surface area contributed by atoms with E-state index in [0.717, 1.165) is 19.1 Å². The van der Waals surface area contributed by atoms with Crippen molar-refractivity contribution in [2.75, 3.05) is 33.5 Å². The highest BCUT2D eigenvalue weighted by molar-refractivity contribution is 4.66. The Kier molecular flexibility index (Phi) is 12.3. The van der Waals surface area contributed by atoms with Crippen molar-refractivity contribution in [1.29, 1.82) is 0 Å². The summed E-state index contributed by atoms with van der Waals surface area (Å²) in [5.41, 5.74) is 0. The van der Waals surface area contributed by atoms with Crippen LogP contribution in [-0.4, -0.2) is 39.5 Å². The van der Waals surface area contributed by atoms with Gasteiger partial charge >= 0.3 is 0 Å². The Balaban J connectivity index is 3.63. The standard InChI is InChI=1S/C14H31NO2/c1-5-9-15-14(8-6-7-13(2)3)12-17-11-10-16-4/h13-15H,5-12H2,1-4H3. The van der Waals surface area contributed by atoms with Crippen molar-refractivity contribution < 1.29 is 9.47 Å². The van der Waals surface area contributed by atoms with Crippen molar-refractivity contribution in [3.8, 4) is 0 Å². The maximum atomic E-state index is 5.60. The monoisotopic (exact) mass is 245 g/mol. The second kappa shape index (κ2) is 12.3. The second-order valence-electron chi connectivity index (χ2n) is 5.04. The minimum atomic E-state index is 0.505. The molecule has 1 unspecified atom stereocenters. The molecule has 0 aromatic rings. The van der Waals surface area contributed by atoms with Gasteiger partial charge in [0.05, 0.1) is 19.8 Å². The summed E-state index contributed by atoms with van der Waals surface area (Å²) >= 11 is 0. The number of ether oxygens (including phenoxy) is 2. The summed E-state index contributed by atoms with van der Waals surface area (Å²) < 4.78 is 10.6. The van der Waals surface area contributed by atoms with Crippen molar-refractivity contribution >= 4 is 0 Å². The molecule has 0 amide bonds. The van der Waals surface area contributed by atoms with Crippen LogP contribution in [0.3, 0.4) is 0 Å². The molecule has 0 aromatic carbocycles. The van der Waals surface area contributed by atoms with Crippen molar-refractivity contribution in [3.63, 3.8) is 0 Å². The summed E-state index contributed by atoms with van der Waals surface area (Å²) in [6.07, 6.45) is 4.99. The van der Waals surface area contributed by atoms with E-state index >= 15 is 0 Å². The first-order valence-electron chi connectivity index (χ1n) is 7.00. The van der Waals surface area contributed by atoms with Gasteiger partial charge in [0.25, 0.3) is 0 Å². The van der Waals surface area contributed by atoms with E-state index in [2.05, 4.69) is 26.1 Å². The number of nitrogens with one attached hydrogen (secondary N) is 1. The Morgan fingerprint density at radius 3 is 2.47 bits per heavy atom. The molecule has 0 radical (unpaired) electrons. The molecule has 0 saturated carbocycles. The average Bonchev–Trinajstić information content (AvgIpc) is 2.30. The highest BCUT2D eigenvalue weighted by atomic mass is 16.5. The van der Waals surface area contributed by atoms with Crippen LogP contribution in [0, 0.1) is 5.92 Å². The zero-order valence-electron chi connectivity index (χ0n) is 12.1. The second-order valence-corrected chi connectivity index (χ2v) is 5.04. The fourth-order valence-electron chi connectivity index (χ4n) is 1.73. The molecule has 1 N–H and O–H groups in total. The Bertz CT molecular complexity index is 151. The van der Waals surface area contributed by atoms with Crippen LogP contribution in [0.5, 0.6) is 0 Å². The lowest BCUT2D eigenvalue weighted by molar-refractivity contribution is 0.0570. The Labute approximate surface area is 107 Å². The Morgan fingerprint density at radius 1 is 1.12 bits per heavy atom. The molecule has 0 fully saturated rings. The number of hydrogen-bond donors (Lipinski definition) is 1. The molecule has 0 bridgehead atoms. The van der Waals surface area contributed by atoms with Gasteiger partial charge in [-0.25, -0.2) is 0 Å². The largest absolute Gasteiger partial charge is 0.382 e. The molecule has 0 aliphatic rings. The summed E-state index contributed by atoms with van der Waals surface area (Å²) in [7, 11) is 1.71. The van der Waals surface area contributed by atoms with Crippen LogP contribution in [-0.2, 0) is 9.47 Å². The van der Waals surface area contributed by atoms with Crippen LogP contribution >= 0.6 is 0 Å². The van der Waals surface area contributed by atoms with Crippen LogP contribution < -0.4 is 5.32 Å². The molecule has 3 heteroatoms. The van der Waals surface area contributed by atoms with Crippen molar-refractivity contribution in [3.05, 3.63) is 0 Å². The fourth-order valence-corrected chi connectivity index (χ4v) is 1.73. The van der Waals surface area contributed by atoms with Crippen LogP contribution in [0.2, 0.25) is 0 Å². The van der Waals surface area contributed by atoms with E-state index in [0.29, 0.717) is 19.3 Å². The Morgan fingerprint density at radius 2 is 1.88 bits per heavy atom. The smallest absolute Gasteiger partial charge is 0.0701 e. The summed E-state index contributed by atoms with van der Waals surface area (Å²) in [6.45, 7) is 10.0. The number of rotatable bonds is 12. The molecular weight excluding hydrogens is 214 g/mol. The third kappa shape index (κ3) is 12.1. The van der Waals surface area contributed by atoms with Crippen molar-refractivity contribution in [1.82, 2.24) is 5.32 Å². The topological polar surface area (TPSA) is 30.5 Å². The zero-order valence-corrected chi connectivity index (χ0v) is 12.1. The Hall–Kier alpha value is -0.120. The maximum Gasteiger partial charge on any atom is 0.0701 e. The molecule has 0 heterocycles. The summed E-state index contributed by atoms with van der Waals surface area (Å²) in [6, 6.07) is 0.505. The van der Waals surface area contributed by atoms with Gasteiger partial charge in [-0.05, 0) is 25.3 Å². The quantitative estimate of drug-likeness (QED) is 0.536. The summed E-state index contributed by atoms with van der Waals surface area (Å²) in [5, 5.41) is 3.55. The minimum Gasteiger partial charge on any atom is -0.382 e. The van der Waals surface area contributed by atoms with E-state index in [9.17, 15) is 0 Å². The summed E-state index contributed by atoms with van der Waals surface area (Å²) in [5.74, 6) is 0.802. The molecule has 0 saturated heterocycles. The highest BCUT2D eigenvalue weighted by Crippen LogP contribution is 2.08. The van der Waals surface area contributed by atoms with Gasteiger partial charge in [0.1, 0.15) is 0 Å². The van der Waals surface area contributed by atoms with Crippen LogP contribution in [0.4, 0.5) is 0 Å². The van der Waals surface area contributed by atoms with Gasteiger partial charge in [0, 0.05) is 13.2 Å². The van der Waals surface area contributed by atoms with Gasteiger partial charge < -0.3 is 14.8 Å². The summed E-state index contributed by atoms with van der Waals surface area (Å²) in [4.78, 5) is 0.